The van der Waals surface area contributed by atoms with Gasteiger partial charge in [-0.3, -0.25) is 0 Å². The minimum Gasteiger partial charge on any atom is -0.453 e. The van der Waals surface area contributed by atoms with Crippen molar-refractivity contribution in [3.8, 4) is 0 Å². The van der Waals surface area contributed by atoms with Crippen molar-refractivity contribution < 1.29 is 9.53 Å². The maximum Gasteiger partial charge on any atom is 0.406 e. The summed E-state index contributed by atoms with van der Waals surface area (Å²) in [5.74, 6) is 0. The fourth-order valence-corrected chi connectivity index (χ4v) is 1.08. The molecule has 1 unspecified atom stereocenters. The number of alkyl carbamates (subject to hydrolysis) is 1. The molecule has 0 aliphatic rings. The Morgan fingerprint density at radius 2 is 2.14 bits per heavy atom. The van der Waals surface area contributed by atoms with Crippen LogP contribution in [0.4, 0.5) is 4.79 Å². The third kappa shape index (κ3) is 3.06. The van der Waals surface area contributed by atoms with E-state index >= 15 is 0 Å². The Balaban J connectivity index is 2.43. The molecule has 0 fully saturated rings. The third-order valence-electron chi connectivity index (χ3n) is 1.88. The SMILES string of the molecule is COC(=O)NCC(N)c1ccccc1. The second-order valence-corrected chi connectivity index (χ2v) is 2.89. The highest BCUT2D eigenvalue weighted by Crippen LogP contribution is 2.07. The summed E-state index contributed by atoms with van der Waals surface area (Å²) in [5.41, 5.74) is 6.82. The fraction of sp³-hybridized carbons (Fsp3) is 0.300. The number of carbonyl (C=O) groups is 1. The van der Waals surface area contributed by atoms with Gasteiger partial charge in [-0.2, -0.15) is 0 Å². The summed E-state index contributed by atoms with van der Waals surface area (Å²) in [6, 6.07) is 9.38. The van der Waals surface area contributed by atoms with Gasteiger partial charge in [0.15, 0.2) is 0 Å². The maximum absolute atomic E-state index is 10.8. The normalized spacial score (nSPS) is 11.9. The van der Waals surface area contributed by atoms with E-state index in [9.17, 15) is 4.79 Å². The van der Waals surface area contributed by atoms with E-state index in [-0.39, 0.29) is 6.04 Å². The van der Waals surface area contributed by atoms with Gasteiger partial charge in [-0.1, -0.05) is 30.3 Å². The van der Waals surface area contributed by atoms with Gasteiger partial charge in [0, 0.05) is 12.6 Å². The zero-order chi connectivity index (χ0) is 10.4. The van der Waals surface area contributed by atoms with Gasteiger partial charge < -0.3 is 15.8 Å². The average Bonchev–Trinajstić information content (AvgIpc) is 2.26. The van der Waals surface area contributed by atoms with Crippen molar-refractivity contribution >= 4 is 6.09 Å². The Morgan fingerprint density at radius 1 is 1.50 bits per heavy atom. The van der Waals surface area contributed by atoms with Crippen molar-refractivity contribution in [3.05, 3.63) is 35.9 Å². The molecule has 0 heterocycles. The van der Waals surface area contributed by atoms with Crippen LogP contribution in [0.1, 0.15) is 11.6 Å². The van der Waals surface area contributed by atoms with Crippen LogP contribution in [0.2, 0.25) is 0 Å². The molecule has 0 spiro atoms. The molecule has 0 saturated heterocycles. The number of hydrogen-bond donors (Lipinski definition) is 2. The van der Waals surface area contributed by atoms with Gasteiger partial charge in [0.05, 0.1) is 7.11 Å². The number of hydrogen-bond acceptors (Lipinski definition) is 3. The van der Waals surface area contributed by atoms with Gasteiger partial charge in [-0.15, -0.1) is 0 Å². The topological polar surface area (TPSA) is 64.3 Å². The summed E-state index contributed by atoms with van der Waals surface area (Å²) in [6.07, 6.45) is -0.462. The molecule has 1 amide bonds. The molecule has 4 heteroatoms. The standard InChI is InChI=1S/C10H14N2O2/c1-14-10(13)12-7-9(11)8-5-3-2-4-6-8/h2-6,9H,7,11H2,1H3,(H,12,13). The molecule has 0 aromatic heterocycles. The van der Waals surface area contributed by atoms with Crippen molar-refractivity contribution in [1.82, 2.24) is 5.32 Å². The van der Waals surface area contributed by atoms with Crippen LogP contribution < -0.4 is 11.1 Å². The van der Waals surface area contributed by atoms with Crippen LogP contribution >= 0.6 is 0 Å². The first-order valence-electron chi connectivity index (χ1n) is 4.36. The molecule has 76 valence electrons. The predicted octanol–water partition coefficient (Wildman–Crippen LogP) is 1.04. The molecule has 0 aliphatic carbocycles. The summed E-state index contributed by atoms with van der Waals surface area (Å²) in [4.78, 5) is 10.8. The van der Waals surface area contributed by atoms with E-state index < -0.39 is 6.09 Å². The van der Waals surface area contributed by atoms with E-state index in [0.717, 1.165) is 5.56 Å². The van der Waals surface area contributed by atoms with Gasteiger partial charge in [0.2, 0.25) is 0 Å². The Kier molecular flexibility index (Phi) is 3.94. The van der Waals surface area contributed by atoms with Gasteiger partial charge in [0.1, 0.15) is 0 Å². The molecule has 1 aromatic carbocycles. The Labute approximate surface area is 83.1 Å². The highest BCUT2D eigenvalue weighted by Gasteiger charge is 2.06. The van der Waals surface area contributed by atoms with E-state index in [4.69, 9.17) is 5.73 Å². The van der Waals surface area contributed by atoms with E-state index in [1.54, 1.807) is 0 Å². The van der Waals surface area contributed by atoms with E-state index in [2.05, 4.69) is 10.1 Å². The lowest BCUT2D eigenvalue weighted by atomic mass is 10.1. The highest BCUT2D eigenvalue weighted by atomic mass is 16.5. The molecular weight excluding hydrogens is 180 g/mol. The first-order valence-corrected chi connectivity index (χ1v) is 4.36. The quantitative estimate of drug-likeness (QED) is 0.755. The lowest BCUT2D eigenvalue weighted by molar-refractivity contribution is 0.170. The molecule has 0 bridgehead atoms. The molecule has 1 rings (SSSR count). The van der Waals surface area contributed by atoms with Crippen molar-refractivity contribution in [2.75, 3.05) is 13.7 Å². The lowest BCUT2D eigenvalue weighted by Gasteiger charge is -2.12. The Hall–Kier alpha value is -1.55. The van der Waals surface area contributed by atoms with Crippen molar-refractivity contribution in [1.29, 1.82) is 0 Å². The smallest absolute Gasteiger partial charge is 0.406 e. The second-order valence-electron chi connectivity index (χ2n) is 2.89. The number of rotatable bonds is 3. The minimum absolute atomic E-state index is 0.199. The van der Waals surface area contributed by atoms with Crippen molar-refractivity contribution in [2.24, 2.45) is 5.73 Å². The minimum atomic E-state index is -0.462. The van der Waals surface area contributed by atoms with Crippen LogP contribution in [0.5, 0.6) is 0 Å². The third-order valence-corrected chi connectivity index (χ3v) is 1.88. The molecule has 0 aliphatic heterocycles. The zero-order valence-corrected chi connectivity index (χ0v) is 8.07. The lowest BCUT2D eigenvalue weighted by Crippen LogP contribution is -2.31. The number of carbonyl (C=O) groups excluding carboxylic acids is 1. The molecule has 0 saturated carbocycles. The number of ether oxygens (including phenoxy) is 1. The van der Waals surface area contributed by atoms with E-state index in [0.29, 0.717) is 6.54 Å². The number of nitrogens with two attached hydrogens (primary N) is 1. The first kappa shape index (κ1) is 10.5. The number of nitrogens with one attached hydrogen (secondary N) is 1. The molecule has 1 aromatic rings. The highest BCUT2D eigenvalue weighted by molar-refractivity contribution is 5.66. The van der Waals surface area contributed by atoms with Crippen LogP contribution in [0.3, 0.4) is 0 Å². The van der Waals surface area contributed by atoms with Crippen LogP contribution in [0.15, 0.2) is 30.3 Å². The second kappa shape index (κ2) is 5.24. The summed E-state index contributed by atoms with van der Waals surface area (Å²) in [7, 11) is 1.32. The van der Waals surface area contributed by atoms with Crippen LogP contribution in [0, 0.1) is 0 Å². The first-order chi connectivity index (χ1) is 6.74. The number of methoxy groups -OCH3 is 1. The van der Waals surface area contributed by atoms with Gasteiger partial charge >= 0.3 is 6.09 Å². The predicted molar refractivity (Wildman–Crippen MR) is 53.8 cm³/mol. The van der Waals surface area contributed by atoms with E-state index in [1.165, 1.54) is 7.11 Å². The number of benzene rings is 1. The molecular formula is C10H14N2O2. The number of amides is 1. The van der Waals surface area contributed by atoms with E-state index in [1.807, 2.05) is 30.3 Å². The Morgan fingerprint density at radius 3 is 2.71 bits per heavy atom. The van der Waals surface area contributed by atoms with Crippen LogP contribution in [-0.2, 0) is 4.74 Å². The maximum atomic E-state index is 10.8. The monoisotopic (exact) mass is 194 g/mol. The molecule has 3 N–H and O–H groups in total. The van der Waals surface area contributed by atoms with Gasteiger partial charge in [0.25, 0.3) is 0 Å². The molecule has 0 radical (unpaired) electrons. The van der Waals surface area contributed by atoms with Crippen LogP contribution in [-0.4, -0.2) is 19.7 Å². The molecule has 1 atom stereocenters. The zero-order valence-electron chi connectivity index (χ0n) is 8.07. The molecule has 14 heavy (non-hydrogen) atoms. The molecule has 4 nitrogen and oxygen atoms in total. The fourth-order valence-electron chi connectivity index (χ4n) is 1.08. The van der Waals surface area contributed by atoms with Gasteiger partial charge in [-0.25, -0.2) is 4.79 Å². The van der Waals surface area contributed by atoms with Crippen LogP contribution in [0.25, 0.3) is 0 Å². The summed E-state index contributed by atoms with van der Waals surface area (Å²) in [6.45, 7) is 0.372. The summed E-state index contributed by atoms with van der Waals surface area (Å²) in [5, 5.41) is 2.54. The largest absolute Gasteiger partial charge is 0.453 e. The Bertz CT molecular complexity index is 287. The summed E-state index contributed by atoms with van der Waals surface area (Å²) >= 11 is 0. The summed E-state index contributed by atoms with van der Waals surface area (Å²) < 4.78 is 4.43. The average molecular weight is 194 g/mol. The van der Waals surface area contributed by atoms with Gasteiger partial charge in [-0.05, 0) is 5.56 Å². The van der Waals surface area contributed by atoms with Crippen molar-refractivity contribution in [3.63, 3.8) is 0 Å². The van der Waals surface area contributed by atoms with Crippen molar-refractivity contribution in [2.45, 2.75) is 6.04 Å².